The molecule has 6 N–H and O–H groups in total. The van der Waals surface area contributed by atoms with Gasteiger partial charge in [-0.1, -0.05) is 229 Å². The number of aromatic nitrogens is 9. The zero-order chi connectivity index (χ0) is 104. The van der Waals surface area contributed by atoms with Crippen LogP contribution in [0.5, 0.6) is 57.5 Å². The number of phenols is 5. The fourth-order valence-corrected chi connectivity index (χ4v) is 15.6. The minimum absolute atomic E-state index is 0.0192. The second-order valence-corrected chi connectivity index (χ2v) is 35.0. The Morgan fingerprint density at radius 1 is 0.290 bits per heavy atom. The molecule has 29 heteroatoms. The van der Waals surface area contributed by atoms with Crippen molar-refractivity contribution in [3.05, 3.63) is 259 Å². The van der Waals surface area contributed by atoms with E-state index in [0.717, 1.165) is 98.9 Å². The molecule has 0 aliphatic carbocycles. The number of hydrogen-bond acceptors (Lipinski definition) is 29. The minimum Gasteiger partial charge on any atom is -0.507 e. The quantitative estimate of drug-likeness (QED) is 0.0117. The Morgan fingerprint density at radius 2 is 0.579 bits per heavy atom. The molecule has 29 nitrogen and oxygen atoms in total. The molecule has 0 saturated heterocycles. The molecule has 14 aromatic rings. The van der Waals surface area contributed by atoms with Crippen LogP contribution < -0.4 is 23.7 Å². The minimum atomic E-state index is -0.948. The maximum Gasteiger partial charge on any atom is 0.347 e. The summed E-state index contributed by atoms with van der Waals surface area (Å²) in [6.45, 7) is 27.7. The van der Waals surface area contributed by atoms with Crippen LogP contribution >= 0.6 is 0 Å². The molecule has 0 aliphatic rings. The summed E-state index contributed by atoms with van der Waals surface area (Å²) in [5.41, 5.74) is 13.5. The van der Waals surface area contributed by atoms with Crippen molar-refractivity contribution in [1.29, 1.82) is 0 Å². The standard InChI is InChI=1S/C44H43N3O4.C36H39N3O12.C36H45N3O4/c1-3-4-5-6-7-14-29-50-44(49)31(2)51-38-27-28-39(40(48)30-38)43-46-41(36-23-19-34(20-24-36)32-15-10-8-11-16-32)45-42(47-43)37-25-21-35(22-26-37)33-17-12-9-13-18-33;1-7-46-34(43)19(4)49-22-10-13-25(28(40)16-22)31-37-32(26-14-11-23(17-29(26)41)50-20(5)35(44)47-8-2)39-33(38-31)27-15-12-24(18-30(27)42)51-21(6)36(45)48-9-3;1-7-9-10-27(8-2)20-42-21-28(40)22-43-29-13-16-32(33(41)19-29)36-38-34(30-14-11-23(3)17-25(30)5)37-35(39-36)31-15-12-24(4)18-26(31)6/h8-13,15-28,30-31,48H,3-7,14,29H2,1-2H3;10-21,40-42H,7-9H2,1-6H3;11-19,27-28,40-41H,7-10,20-22H2,1-6H3. The number of phenolic OH excluding ortho intramolecular Hbond substituents is 5. The van der Waals surface area contributed by atoms with Crippen LogP contribution in [0.3, 0.4) is 0 Å². The second kappa shape index (κ2) is 53.4. The Labute approximate surface area is 846 Å². The molecule has 0 spiro atoms. The zero-order valence-electron chi connectivity index (χ0n) is 84.4. The van der Waals surface area contributed by atoms with Crippen molar-refractivity contribution in [1.82, 2.24) is 44.9 Å². The Morgan fingerprint density at radius 3 is 0.910 bits per heavy atom. The van der Waals surface area contributed by atoms with E-state index in [9.17, 15) is 49.8 Å². The summed E-state index contributed by atoms with van der Waals surface area (Å²) in [5, 5.41) is 65.8. The molecule has 0 fully saturated rings. The Kier molecular flexibility index (Phi) is 39.8. The lowest BCUT2D eigenvalue weighted by molar-refractivity contribution is -0.151. The molecular weight excluding hydrogens is 1840 g/mol. The molecule has 3 heterocycles. The number of carbonyl (C=O) groups is 4. The van der Waals surface area contributed by atoms with Gasteiger partial charge >= 0.3 is 23.9 Å². The topological polar surface area (TPSA) is 398 Å². The van der Waals surface area contributed by atoms with Gasteiger partial charge in [0.2, 0.25) is 0 Å². The van der Waals surface area contributed by atoms with Crippen LogP contribution in [0.25, 0.3) is 125 Å². The van der Waals surface area contributed by atoms with Crippen molar-refractivity contribution in [2.45, 2.75) is 192 Å². The zero-order valence-corrected chi connectivity index (χ0v) is 84.4. The number of hydrogen-bond donors (Lipinski definition) is 6. The maximum absolute atomic E-state index is 12.6. The number of rotatable bonds is 44. The van der Waals surface area contributed by atoms with Crippen LogP contribution in [-0.4, -0.2) is 176 Å². The van der Waals surface area contributed by atoms with Crippen molar-refractivity contribution < 1.29 is 97.2 Å². The summed E-state index contributed by atoms with van der Waals surface area (Å²) in [5.74, 6) is 1.14. The lowest BCUT2D eigenvalue weighted by Gasteiger charge is -2.17. The number of ether oxygens (including phenoxy) is 10. The van der Waals surface area contributed by atoms with E-state index in [1.807, 2.05) is 123 Å². The Bertz CT molecular complexity index is 6280. The third-order valence-electron chi connectivity index (χ3n) is 23.5. The largest absolute Gasteiger partial charge is 0.507 e. The second-order valence-electron chi connectivity index (χ2n) is 35.0. The third-order valence-corrected chi connectivity index (χ3v) is 23.5. The maximum atomic E-state index is 12.6. The molecule has 756 valence electrons. The number of aromatic hydroxyl groups is 5. The number of unbranched alkanes of at least 4 members (excludes halogenated alkanes) is 6. The van der Waals surface area contributed by atoms with Gasteiger partial charge in [0.15, 0.2) is 76.8 Å². The first-order chi connectivity index (χ1) is 70.0. The lowest BCUT2D eigenvalue weighted by Crippen LogP contribution is -2.26. The van der Waals surface area contributed by atoms with E-state index in [1.165, 1.54) is 120 Å². The molecule has 6 unspecified atom stereocenters. The van der Waals surface area contributed by atoms with Crippen molar-refractivity contribution in [3.63, 3.8) is 0 Å². The summed E-state index contributed by atoms with van der Waals surface area (Å²) in [4.78, 5) is 91.2. The van der Waals surface area contributed by atoms with Crippen molar-refractivity contribution in [2.24, 2.45) is 5.92 Å². The number of aryl methyl sites for hydroxylation is 4. The van der Waals surface area contributed by atoms with Crippen molar-refractivity contribution in [2.75, 3.05) is 46.2 Å². The van der Waals surface area contributed by atoms with Crippen LogP contribution in [0.1, 0.15) is 156 Å². The Hall–Kier alpha value is -15.8. The highest BCUT2D eigenvalue weighted by atomic mass is 16.6. The predicted octanol–water partition coefficient (Wildman–Crippen LogP) is 23.3. The summed E-state index contributed by atoms with van der Waals surface area (Å²) >= 11 is 0. The number of aliphatic hydroxyl groups is 1. The van der Waals surface area contributed by atoms with Crippen molar-refractivity contribution in [3.8, 4) is 182 Å². The fraction of sp³-hybridized carbons (Fsp3) is 0.319. The highest BCUT2D eigenvalue weighted by molar-refractivity contribution is 5.81. The molecule has 11 aromatic carbocycles. The monoisotopic (exact) mass is 1970 g/mol. The fourth-order valence-electron chi connectivity index (χ4n) is 15.6. The third kappa shape index (κ3) is 30.7. The molecule has 3 aromatic heterocycles. The number of aliphatic hydroxyl groups excluding tert-OH is 1. The smallest absolute Gasteiger partial charge is 0.347 e. The van der Waals surface area contributed by atoms with E-state index >= 15 is 0 Å². The molecular formula is C116H127N9O20. The van der Waals surface area contributed by atoms with Gasteiger partial charge in [0.05, 0.1) is 60.9 Å². The van der Waals surface area contributed by atoms with Gasteiger partial charge in [-0.05, 0) is 189 Å². The molecule has 0 saturated carbocycles. The molecule has 14 rings (SSSR count). The van der Waals surface area contributed by atoms with E-state index in [0.29, 0.717) is 76.7 Å². The van der Waals surface area contributed by atoms with E-state index in [-0.39, 0.29) is 113 Å². The first kappa shape index (κ1) is 108. The van der Waals surface area contributed by atoms with E-state index < -0.39 is 54.4 Å². The van der Waals surface area contributed by atoms with Crippen LogP contribution in [0.2, 0.25) is 0 Å². The van der Waals surface area contributed by atoms with Gasteiger partial charge in [-0.2, -0.15) is 0 Å². The van der Waals surface area contributed by atoms with E-state index in [1.54, 1.807) is 52.0 Å². The van der Waals surface area contributed by atoms with E-state index in [4.69, 9.17) is 77.3 Å². The van der Waals surface area contributed by atoms with Gasteiger partial charge in [0, 0.05) is 59.2 Å². The van der Waals surface area contributed by atoms with Crippen molar-refractivity contribution >= 4 is 23.9 Å². The van der Waals surface area contributed by atoms with Gasteiger partial charge in [0.1, 0.15) is 70.2 Å². The summed E-state index contributed by atoms with van der Waals surface area (Å²) < 4.78 is 54.6. The number of carbonyl (C=O) groups excluding carboxylic acids is 4. The van der Waals surface area contributed by atoms with Crippen LogP contribution in [0.4, 0.5) is 0 Å². The normalized spacial score (nSPS) is 12.3. The van der Waals surface area contributed by atoms with Gasteiger partial charge in [-0.15, -0.1) is 0 Å². The van der Waals surface area contributed by atoms with Gasteiger partial charge in [-0.25, -0.2) is 64.0 Å². The highest BCUT2D eigenvalue weighted by Gasteiger charge is 2.28. The van der Waals surface area contributed by atoms with Crippen LogP contribution in [0.15, 0.2) is 237 Å². The molecule has 0 aliphatic heterocycles. The molecule has 0 bridgehead atoms. The summed E-state index contributed by atoms with van der Waals surface area (Å²) in [7, 11) is 0. The predicted molar refractivity (Wildman–Crippen MR) is 557 cm³/mol. The highest BCUT2D eigenvalue weighted by Crippen LogP contribution is 2.42. The lowest BCUT2D eigenvalue weighted by atomic mass is 10.0. The van der Waals surface area contributed by atoms with E-state index in [2.05, 4.69) is 86.0 Å². The molecule has 0 amide bonds. The van der Waals surface area contributed by atoms with Gasteiger partial charge in [-0.3, -0.25) is 0 Å². The molecule has 6 atom stereocenters. The first-order valence-corrected chi connectivity index (χ1v) is 49.1. The number of esters is 4. The van der Waals surface area contributed by atoms with Crippen LogP contribution in [0, 0.1) is 33.6 Å². The SMILES string of the molecule is CCCCC(CC)COCC(O)COc1ccc(-c2nc(-c3ccc(C)cc3C)nc(-c3ccc(C)cc3C)n2)c(O)c1.CCCCCCCCOC(=O)C(C)Oc1ccc(-c2nc(-c3ccc(-c4ccccc4)cc3)nc(-c3ccc(-c4ccccc4)cc3)n2)c(O)c1.CCOC(=O)C(C)Oc1ccc(-c2nc(-c3ccc(OC(C)C(=O)OCC)cc3O)nc(-c3ccc(OC(C)C(=O)OCC)cc3O)n2)c(O)c1. The average molecular weight is 1970 g/mol. The average Bonchev–Trinajstić information content (AvgIpc) is 0.780. The van der Waals surface area contributed by atoms with Crippen LogP contribution in [-0.2, 0) is 42.9 Å². The summed E-state index contributed by atoms with van der Waals surface area (Å²) in [6.07, 6.45) is 6.80. The Balaban J connectivity index is 0.000000195. The van der Waals surface area contributed by atoms with Gasteiger partial charge < -0.3 is 78.0 Å². The number of nitrogens with zero attached hydrogens (tertiary/aromatic N) is 9. The molecule has 145 heavy (non-hydrogen) atoms. The first-order valence-electron chi connectivity index (χ1n) is 49.1. The van der Waals surface area contributed by atoms with Gasteiger partial charge in [0.25, 0.3) is 0 Å². The molecule has 0 radical (unpaired) electrons. The number of benzene rings is 11. The summed E-state index contributed by atoms with van der Waals surface area (Å²) in [6, 6.07) is 71.4.